The molecule has 0 N–H and O–H groups in total. The van der Waals surface area contributed by atoms with Crippen LogP contribution in [0.1, 0.15) is 13.8 Å². The molecule has 0 spiro atoms. The van der Waals surface area contributed by atoms with Gasteiger partial charge in [0, 0.05) is 0 Å². The van der Waals surface area contributed by atoms with Gasteiger partial charge in [-0.15, -0.1) is 0 Å². The maximum Gasteiger partial charge on any atom is 0.208 e. The van der Waals surface area contributed by atoms with Crippen LogP contribution in [0.25, 0.3) is 0 Å². The summed E-state index contributed by atoms with van der Waals surface area (Å²) in [5, 5.41) is 0. The van der Waals surface area contributed by atoms with Crippen molar-refractivity contribution in [2.45, 2.75) is 29.8 Å². The lowest BCUT2D eigenvalue weighted by Crippen LogP contribution is -2.15. The van der Waals surface area contributed by atoms with E-state index in [9.17, 15) is 8.42 Å². The molecule has 4 heteroatoms. The van der Waals surface area contributed by atoms with E-state index in [4.69, 9.17) is 4.74 Å². The van der Waals surface area contributed by atoms with Crippen LogP contribution in [0.2, 0.25) is 0 Å². The molecule has 2 rings (SSSR count). The van der Waals surface area contributed by atoms with E-state index in [0.29, 0.717) is 4.90 Å². The molecule has 0 saturated carbocycles. The molecule has 1 aromatic carbocycles. The predicted octanol–water partition coefficient (Wildman–Crippen LogP) is 1.60. The van der Waals surface area contributed by atoms with Crippen molar-refractivity contribution >= 4 is 9.84 Å². The molecule has 14 heavy (non-hydrogen) atoms. The fraction of sp³-hybridized carbons (Fsp3) is 0.400. The molecule has 0 aromatic heterocycles. The van der Waals surface area contributed by atoms with Gasteiger partial charge in [0.25, 0.3) is 0 Å². The number of hydrogen-bond acceptors (Lipinski definition) is 3. The van der Waals surface area contributed by atoms with Crippen LogP contribution in [0.15, 0.2) is 35.2 Å². The van der Waals surface area contributed by atoms with Crippen LogP contribution >= 0.6 is 0 Å². The van der Waals surface area contributed by atoms with Crippen LogP contribution in [0.3, 0.4) is 0 Å². The highest BCUT2D eigenvalue weighted by molar-refractivity contribution is 7.92. The van der Waals surface area contributed by atoms with Gasteiger partial charge in [0.2, 0.25) is 9.84 Å². The molecule has 1 unspecified atom stereocenters. The molecule has 0 bridgehead atoms. The summed E-state index contributed by atoms with van der Waals surface area (Å²) in [5.74, 6) is 0. The molecule has 1 atom stereocenters. The summed E-state index contributed by atoms with van der Waals surface area (Å²) in [6.07, 6.45) is 0. The van der Waals surface area contributed by atoms with Gasteiger partial charge in [0.15, 0.2) is 5.44 Å². The van der Waals surface area contributed by atoms with E-state index in [2.05, 4.69) is 0 Å². The van der Waals surface area contributed by atoms with Gasteiger partial charge in [0.1, 0.15) is 5.60 Å². The SMILES string of the molecule is CC1(C)OC1S(=O)(=O)c1ccccc1. The van der Waals surface area contributed by atoms with E-state index in [-0.39, 0.29) is 0 Å². The lowest BCUT2D eigenvalue weighted by atomic mass is 10.3. The van der Waals surface area contributed by atoms with Crippen molar-refractivity contribution in [3.63, 3.8) is 0 Å². The third kappa shape index (κ3) is 1.44. The third-order valence-corrected chi connectivity index (χ3v) is 4.43. The normalized spacial score (nSPS) is 24.6. The maximum atomic E-state index is 11.9. The van der Waals surface area contributed by atoms with Crippen LogP contribution < -0.4 is 0 Å². The highest BCUT2D eigenvalue weighted by Crippen LogP contribution is 2.41. The Morgan fingerprint density at radius 1 is 1.21 bits per heavy atom. The van der Waals surface area contributed by atoms with E-state index in [1.807, 2.05) is 0 Å². The predicted molar refractivity (Wildman–Crippen MR) is 52.6 cm³/mol. The van der Waals surface area contributed by atoms with Gasteiger partial charge in [-0.1, -0.05) is 18.2 Å². The number of rotatable bonds is 2. The Hall–Kier alpha value is -0.870. The number of sulfone groups is 1. The average molecular weight is 212 g/mol. The molecule has 3 nitrogen and oxygen atoms in total. The molecular formula is C10H12O3S. The molecule has 0 radical (unpaired) electrons. The minimum Gasteiger partial charge on any atom is -0.349 e. The van der Waals surface area contributed by atoms with Crippen molar-refractivity contribution in [2.75, 3.05) is 0 Å². The monoisotopic (exact) mass is 212 g/mol. The Morgan fingerprint density at radius 3 is 2.14 bits per heavy atom. The first-order valence-electron chi connectivity index (χ1n) is 4.41. The second kappa shape index (κ2) is 2.81. The summed E-state index contributed by atoms with van der Waals surface area (Å²) < 4.78 is 28.9. The molecule has 1 fully saturated rings. The van der Waals surface area contributed by atoms with Crippen molar-refractivity contribution in [3.05, 3.63) is 30.3 Å². The molecule has 0 amide bonds. The number of benzene rings is 1. The molecule has 0 aliphatic carbocycles. The summed E-state index contributed by atoms with van der Waals surface area (Å²) >= 11 is 0. The molecule has 1 aromatic rings. The van der Waals surface area contributed by atoms with Crippen LogP contribution in [0, 0.1) is 0 Å². The zero-order chi connectivity index (χ0) is 10.4. The molecule has 1 aliphatic rings. The van der Waals surface area contributed by atoms with Crippen LogP contribution in [0.4, 0.5) is 0 Å². The highest BCUT2D eigenvalue weighted by atomic mass is 32.2. The average Bonchev–Trinajstić information content (AvgIpc) is 2.78. The van der Waals surface area contributed by atoms with Crippen molar-refractivity contribution < 1.29 is 13.2 Å². The third-order valence-electron chi connectivity index (χ3n) is 2.27. The Morgan fingerprint density at radius 2 is 1.71 bits per heavy atom. The molecule has 76 valence electrons. The number of hydrogen-bond donors (Lipinski definition) is 0. The Balaban J connectivity index is 2.37. The van der Waals surface area contributed by atoms with Crippen LogP contribution in [-0.2, 0) is 14.6 Å². The van der Waals surface area contributed by atoms with Crippen LogP contribution in [0.5, 0.6) is 0 Å². The van der Waals surface area contributed by atoms with Gasteiger partial charge in [-0.2, -0.15) is 0 Å². The first-order valence-corrected chi connectivity index (χ1v) is 5.96. The molecule has 1 heterocycles. The Bertz CT molecular complexity index is 434. The van der Waals surface area contributed by atoms with E-state index in [1.54, 1.807) is 44.2 Å². The topological polar surface area (TPSA) is 46.7 Å². The van der Waals surface area contributed by atoms with Crippen LogP contribution in [-0.4, -0.2) is 19.5 Å². The van der Waals surface area contributed by atoms with E-state index >= 15 is 0 Å². The second-order valence-corrected chi connectivity index (χ2v) is 5.90. The lowest BCUT2D eigenvalue weighted by Gasteiger charge is -2.01. The Kier molecular flexibility index (Phi) is 1.94. The smallest absolute Gasteiger partial charge is 0.208 e. The molecule has 1 aliphatic heterocycles. The first kappa shape index (κ1) is 9.68. The molecular weight excluding hydrogens is 200 g/mol. The van der Waals surface area contributed by atoms with E-state index in [1.165, 1.54) is 0 Å². The van der Waals surface area contributed by atoms with E-state index < -0.39 is 20.9 Å². The van der Waals surface area contributed by atoms with Gasteiger partial charge in [-0.05, 0) is 26.0 Å². The molecule has 1 saturated heterocycles. The standard InChI is InChI=1S/C10H12O3S/c1-10(2)9(13-10)14(11,12)8-6-4-3-5-7-8/h3-7,9H,1-2H3. The zero-order valence-electron chi connectivity index (χ0n) is 8.10. The fourth-order valence-corrected chi connectivity index (χ4v) is 3.32. The van der Waals surface area contributed by atoms with Crippen molar-refractivity contribution in [1.82, 2.24) is 0 Å². The van der Waals surface area contributed by atoms with Gasteiger partial charge in [0.05, 0.1) is 4.90 Å². The Labute approximate surface area is 83.6 Å². The van der Waals surface area contributed by atoms with Gasteiger partial charge >= 0.3 is 0 Å². The summed E-state index contributed by atoms with van der Waals surface area (Å²) in [5.41, 5.74) is -1.22. The first-order chi connectivity index (χ1) is 6.44. The summed E-state index contributed by atoms with van der Waals surface area (Å²) in [7, 11) is -3.30. The number of epoxide rings is 1. The minimum absolute atomic E-state index is 0.329. The lowest BCUT2D eigenvalue weighted by molar-refractivity contribution is 0.337. The van der Waals surface area contributed by atoms with Crippen molar-refractivity contribution in [3.8, 4) is 0 Å². The highest BCUT2D eigenvalue weighted by Gasteiger charge is 2.57. The van der Waals surface area contributed by atoms with Gasteiger partial charge < -0.3 is 4.74 Å². The quantitative estimate of drug-likeness (QED) is 0.699. The summed E-state index contributed by atoms with van der Waals surface area (Å²) in [6, 6.07) is 8.39. The zero-order valence-corrected chi connectivity index (χ0v) is 8.91. The fourth-order valence-electron chi connectivity index (χ4n) is 1.41. The van der Waals surface area contributed by atoms with Gasteiger partial charge in [-0.25, -0.2) is 8.42 Å². The summed E-state index contributed by atoms with van der Waals surface area (Å²) in [6.45, 7) is 3.55. The maximum absolute atomic E-state index is 11.9. The largest absolute Gasteiger partial charge is 0.349 e. The van der Waals surface area contributed by atoms with Crippen molar-refractivity contribution in [1.29, 1.82) is 0 Å². The summed E-state index contributed by atoms with van der Waals surface area (Å²) in [4.78, 5) is 0.329. The second-order valence-electron chi connectivity index (χ2n) is 3.91. The van der Waals surface area contributed by atoms with E-state index in [0.717, 1.165) is 0 Å². The number of ether oxygens (including phenoxy) is 1. The van der Waals surface area contributed by atoms with Gasteiger partial charge in [-0.3, -0.25) is 0 Å². The minimum atomic E-state index is -3.30. The van der Waals surface area contributed by atoms with Crippen molar-refractivity contribution in [2.24, 2.45) is 0 Å².